The topological polar surface area (TPSA) is 29.1 Å². The van der Waals surface area contributed by atoms with Gasteiger partial charge in [-0.05, 0) is 41.3 Å². The smallest absolute Gasteiger partial charge is 0.348 e. The van der Waals surface area contributed by atoms with Crippen molar-refractivity contribution in [2.24, 2.45) is 0 Å². The number of amides is 1. The van der Waals surface area contributed by atoms with Gasteiger partial charge >= 0.3 is 6.18 Å². The van der Waals surface area contributed by atoms with Gasteiger partial charge in [0.25, 0.3) is 5.91 Å². The molecule has 1 N–H and O–H groups in total. The molecular formula is C18H18F3NO. The van der Waals surface area contributed by atoms with E-state index < -0.39 is 11.7 Å². The molecule has 0 saturated carbocycles. The largest absolute Gasteiger partial charge is 0.416 e. The number of carbonyl (C=O) groups is 1. The number of rotatable bonds is 4. The van der Waals surface area contributed by atoms with E-state index in [1.165, 1.54) is 12.1 Å². The zero-order valence-electron chi connectivity index (χ0n) is 12.9. The fourth-order valence-electron chi connectivity index (χ4n) is 2.12. The molecule has 23 heavy (non-hydrogen) atoms. The Balaban J connectivity index is 1.96. The van der Waals surface area contributed by atoms with Crippen molar-refractivity contribution >= 4 is 5.91 Å². The van der Waals surface area contributed by atoms with Crippen molar-refractivity contribution in [2.75, 3.05) is 0 Å². The number of nitrogens with one attached hydrogen (secondary N) is 1. The Bertz CT molecular complexity index is 658. The van der Waals surface area contributed by atoms with Crippen LogP contribution in [0.15, 0.2) is 48.5 Å². The minimum Gasteiger partial charge on any atom is -0.348 e. The van der Waals surface area contributed by atoms with Gasteiger partial charge in [0.1, 0.15) is 0 Å². The first kappa shape index (κ1) is 17.1. The third kappa shape index (κ3) is 4.58. The molecule has 0 unspecified atom stereocenters. The summed E-state index contributed by atoms with van der Waals surface area (Å²) in [7, 11) is 0. The molecule has 0 aliphatic carbocycles. The Kier molecular flexibility index (Phi) is 5.08. The minimum atomic E-state index is -4.35. The minimum absolute atomic E-state index is 0.183. The lowest BCUT2D eigenvalue weighted by atomic mass is 10.0. The van der Waals surface area contributed by atoms with Crippen LogP contribution in [-0.4, -0.2) is 5.91 Å². The lowest BCUT2D eigenvalue weighted by Gasteiger charge is -2.09. The number of halogens is 3. The zero-order chi connectivity index (χ0) is 17.0. The first-order valence-electron chi connectivity index (χ1n) is 7.31. The predicted octanol–water partition coefficient (Wildman–Crippen LogP) is 4.76. The van der Waals surface area contributed by atoms with Gasteiger partial charge in [-0.3, -0.25) is 4.79 Å². The van der Waals surface area contributed by atoms with Crippen LogP contribution in [0.2, 0.25) is 0 Å². The summed E-state index contributed by atoms with van der Waals surface area (Å²) < 4.78 is 37.4. The lowest BCUT2D eigenvalue weighted by molar-refractivity contribution is -0.137. The van der Waals surface area contributed by atoms with E-state index in [1.54, 1.807) is 12.1 Å². The fourth-order valence-corrected chi connectivity index (χ4v) is 2.12. The lowest BCUT2D eigenvalue weighted by Crippen LogP contribution is -2.22. The third-order valence-corrected chi connectivity index (χ3v) is 3.57. The number of hydrogen-bond donors (Lipinski definition) is 1. The summed E-state index contributed by atoms with van der Waals surface area (Å²) in [6, 6.07) is 12.1. The van der Waals surface area contributed by atoms with E-state index in [-0.39, 0.29) is 12.5 Å². The molecule has 0 spiro atoms. The molecule has 5 heteroatoms. The van der Waals surface area contributed by atoms with Crippen molar-refractivity contribution in [2.45, 2.75) is 32.5 Å². The monoisotopic (exact) mass is 321 g/mol. The molecule has 2 rings (SSSR count). The van der Waals surface area contributed by atoms with Gasteiger partial charge in [-0.15, -0.1) is 0 Å². The molecule has 0 aromatic heterocycles. The molecule has 2 aromatic rings. The van der Waals surface area contributed by atoms with Crippen LogP contribution in [0.1, 0.15) is 46.8 Å². The second-order valence-corrected chi connectivity index (χ2v) is 5.65. The van der Waals surface area contributed by atoms with Crippen LogP contribution in [0.5, 0.6) is 0 Å². The third-order valence-electron chi connectivity index (χ3n) is 3.57. The van der Waals surface area contributed by atoms with Crippen molar-refractivity contribution in [3.63, 3.8) is 0 Å². The van der Waals surface area contributed by atoms with E-state index in [9.17, 15) is 18.0 Å². The second kappa shape index (κ2) is 6.86. The highest BCUT2D eigenvalue weighted by Gasteiger charge is 2.29. The Morgan fingerprint density at radius 1 is 1.00 bits per heavy atom. The quantitative estimate of drug-likeness (QED) is 0.864. The van der Waals surface area contributed by atoms with Crippen LogP contribution in [-0.2, 0) is 12.7 Å². The number of hydrogen-bond acceptors (Lipinski definition) is 1. The van der Waals surface area contributed by atoms with E-state index in [0.717, 1.165) is 17.7 Å². The summed E-state index contributed by atoms with van der Waals surface area (Å²) in [4.78, 5) is 12.0. The van der Waals surface area contributed by atoms with Gasteiger partial charge in [-0.1, -0.05) is 38.1 Å². The molecule has 0 fully saturated rings. The molecule has 0 bridgehead atoms. The van der Waals surface area contributed by atoms with Crippen molar-refractivity contribution in [3.8, 4) is 0 Å². The van der Waals surface area contributed by atoms with Crippen molar-refractivity contribution in [3.05, 3.63) is 70.8 Å². The molecule has 0 atom stereocenters. The number of alkyl halides is 3. The molecule has 0 heterocycles. The van der Waals surface area contributed by atoms with Crippen LogP contribution < -0.4 is 5.32 Å². The maximum atomic E-state index is 12.5. The van der Waals surface area contributed by atoms with Crippen LogP contribution in [0.3, 0.4) is 0 Å². The van der Waals surface area contributed by atoms with Gasteiger partial charge in [-0.25, -0.2) is 0 Å². The molecule has 0 saturated heterocycles. The van der Waals surface area contributed by atoms with Gasteiger partial charge < -0.3 is 5.32 Å². The Morgan fingerprint density at radius 2 is 1.57 bits per heavy atom. The average molecular weight is 321 g/mol. The number of benzene rings is 2. The van der Waals surface area contributed by atoms with E-state index in [4.69, 9.17) is 0 Å². The first-order valence-corrected chi connectivity index (χ1v) is 7.31. The zero-order valence-corrected chi connectivity index (χ0v) is 12.9. The van der Waals surface area contributed by atoms with Crippen LogP contribution >= 0.6 is 0 Å². The molecule has 0 aliphatic rings. The van der Waals surface area contributed by atoms with E-state index in [1.807, 2.05) is 12.1 Å². The Labute approximate surface area is 133 Å². The van der Waals surface area contributed by atoms with Crippen molar-refractivity contribution in [1.82, 2.24) is 5.32 Å². The first-order chi connectivity index (χ1) is 10.8. The average Bonchev–Trinajstić information content (AvgIpc) is 2.52. The summed E-state index contributed by atoms with van der Waals surface area (Å²) >= 11 is 0. The normalized spacial score (nSPS) is 11.6. The van der Waals surface area contributed by atoms with Crippen LogP contribution in [0.25, 0.3) is 0 Å². The van der Waals surface area contributed by atoms with Crippen LogP contribution in [0.4, 0.5) is 13.2 Å². The standard InChI is InChI=1S/C18H18F3NO/c1-12(2)14-5-7-15(8-6-14)17(23)22-11-13-3-9-16(10-4-13)18(19,20)21/h3-10,12H,11H2,1-2H3,(H,22,23). The highest BCUT2D eigenvalue weighted by molar-refractivity contribution is 5.94. The highest BCUT2D eigenvalue weighted by atomic mass is 19.4. The van der Waals surface area contributed by atoms with E-state index in [0.29, 0.717) is 17.0 Å². The van der Waals surface area contributed by atoms with Gasteiger partial charge in [-0.2, -0.15) is 13.2 Å². The van der Waals surface area contributed by atoms with Crippen molar-refractivity contribution in [1.29, 1.82) is 0 Å². The SMILES string of the molecule is CC(C)c1ccc(C(=O)NCc2ccc(C(F)(F)F)cc2)cc1. The predicted molar refractivity (Wildman–Crippen MR) is 83.1 cm³/mol. The molecule has 122 valence electrons. The van der Waals surface area contributed by atoms with Crippen molar-refractivity contribution < 1.29 is 18.0 Å². The maximum absolute atomic E-state index is 12.5. The molecule has 0 radical (unpaired) electrons. The molecule has 0 aliphatic heterocycles. The van der Waals surface area contributed by atoms with Gasteiger partial charge in [0.2, 0.25) is 0 Å². The molecule has 1 amide bonds. The fraction of sp³-hybridized carbons (Fsp3) is 0.278. The van der Waals surface area contributed by atoms with Gasteiger partial charge in [0.05, 0.1) is 5.56 Å². The van der Waals surface area contributed by atoms with Crippen LogP contribution in [0, 0.1) is 0 Å². The van der Waals surface area contributed by atoms with Gasteiger partial charge in [0, 0.05) is 12.1 Å². The summed E-state index contributed by atoms with van der Waals surface area (Å²) in [6.07, 6.45) is -4.35. The maximum Gasteiger partial charge on any atom is 0.416 e. The Hall–Kier alpha value is -2.30. The van der Waals surface area contributed by atoms with E-state index in [2.05, 4.69) is 19.2 Å². The van der Waals surface area contributed by atoms with E-state index >= 15 is 0 Å². The summed E-state index contributed by atoms with van der Waals surface area (Å²) in [5.74, 6) is 0.138. The molecule has 2 aromatic carbocycles. The van der Waals surface area contributed by atoms with Gasteiger partial charge in [0.15, 0.2) is 0 Å². The Morgan fingerprint density at radius 3 is 2.04 bits per heavy atom. The molecule has 2 nitrogen and oxygen atoms in total. The highest BCUT2D eigenvalue weighted by Crippen LogP contribution is 2.29. The summed E-state index contributed by atoms with van der Waals surface area (Å²) in [5, 5.41) is 2.70. The summed E-state index contributed by atoms with van der Waals surface area (Å²) in [6.45, 7) is 4.32. The second-order valence-electron chi connectivity index (χ2n) is 5.65. The summed E-state index contributed by atoms with van der Waals surface area (Å²) in [5.41, 5.74) is 1.59. The molecular weight excluding hydrogens is 303 g/mol. The number of carbonyl (C=O) groups excluding carboxylic acids is 1.